The second kappa shape index (κ2) is 8.02. The van der Waals surface area contributed by atoms with E-state index in [2.05, 4.69) is 5.32 Å². The molecular weight excluding hydrogens is 246 g/mol. The van der Waals surface area contributed by atoms with Crippen molar-refractivity contribution in [1.82, 2.24) is 5.32 Å². The van der Waals surface area contributed by atoms with E-state index in [4.69, 9.17) is 4.74 Å². The number of amides is 1. The van der Waals surface area contributed by atoms with Crippen molar-refractivity contribution in [2.45, 2.75) is 32.4 Å². The molecular formula is C14H17NO4. The maximum atomic E-state index is 11.5. The molecule has 1 rings (SSSR count). The Morgan fingerprint density at radius 2 is 2.00 bits per heavy atom. The van der Waals surface area contributed by atoms with Crippen LogP contribution in [0.25, 0.3) is 0 Å². The van der Waals surface area contributed by atoms with E-state index in [9.17, 15) is 14.4 Å². The summed E-state index contributed by atoms with van der Waals surface area (Å²) >= 11 is 0. The summed E-state index contributed by atoms with van der Waals surface area (Å²) in [4.78, 5) is 33.0. The average Bonchev–Trinajstić information content (AvgIpc) is 2.42. The second-order valence-corrected chi connectivity index (χ2v) is 4.19. The van der Waals surface area contributed by atoms with Crippen molar-refractivity contribution in [2.24, 2.45) is 0 Å². The first-order chi connectivity index (χ1) is 9.11. The molecule has 0 spiro atoms. The van der Waals surface area contributed by atoms with Gasteiger partial charge in [0.1, 0.15) is 18.7 Å². The van der Waals surface area contributed by atoms with Crippen LogP contribution in [0.15, 0.2) is 30.3 Å². The molecule has 5 heteroatoms. The molecule has 0 fully saturated rings. The molecule has 0 saturated heterocycles. The summed E-state index contributed by atoms with van der Waals surface area (Å²) in [6, 6.07) is 8.54. The van der Waals surface area contributed by atoms with Crippen LogP contribution in [0.4, 0.5) is 4.79 Å². The Kier molecular flexibility index (Phi) is 6.29. The van der Waals surface area contributed by atoms with Crippen LogP contribution in [0.5, 0.6) is 0 Å². The highest BCUT2D eigenvalue weighted by Gasteiger charge is 2.12. The van der Waals surface area contributed by atoms with Crippen LogP contribution in [-0.4, -0.2) is 24.2 Å². The molecule has 1 aromatic carbocycles. The van der Waals surface area contributed by atoms with Gasteiger partial charge in [-0.05, 0) is 18.9 Å². The van der Waals surface area contributed by atoms with Gasteiger partial charge in [0.2, 0.25) is 0 Å². The minimum Gasteiger partial charge on any atom is -0.445 e. The van der Waals surface area contributed by atoms with Gasteiger partial charge in [-0.1, -0.05) is 30.3 Å². The number of benzene rings is 1. The van der Waals surface area contributed by atoms with Crippen LogP contribution in [-0.2, 0) is 20.9 Å². The van der Waals surface area contributed by atoms with Crippen LogP contribution >= 0.6 is 0 Å². The van der Waals surface area contributed by atoms with E-state index in [-0.39, 0.29) is 18.8 Å². The molecule has 1 N–H and O–H groups in total. The van der Waals surface area contributed by atoms with Crippen LogP contribution in [0.1, 0.15) is 25.3 Å². The summed E-state index contributed by atoms with van der Waals surface area (Å²) in [5, 5.41) is 2.41. The Morgan fingerprint density at radius 1 is 1.32 bits per heavy atom. The fourth-order valence-corrected chi connectivity index (χ4v) is 1.45. The van der Waals surface area contributed by atoms with E-state index in [0.717, 1.165) is 5.56 Å². The molecule has 5 nitrogen and oxygen atoms in total. The quantitative estimate of drug-likeness (QED) is 0.762. The van der Waals surface area contributed by atoms with Gasteiger partial charge in [-0.2, -0.15) is 0 Å². The number of alkyl carbamates (subject to hydrolysis) is 1. The molecule has 102 valence electrons. The van der Waals surface area contributed by atoms with E-state index in [0.29, 0.717) is 12.7 Å². The lowest BCUT2D eigenvalue weighted by Gasteiger charge is -2.12. The Morgan fingerprint density at radius 3 is 2.58 bits per heavy atom. The van der Waals surface area contributed by atoms with E-state index in [1.165, 1.54) is 6.92 Å². The normalized spacial score (nSPS) is 11.4. The molecule has 0 radical (unpaired) electrons. The van der Waals surface area contributed by atoms with E-state index >= 15 is 0 Å². The van der Waals surface area contributed by atoms with Gasteiger partial charge < -0.3 is 19.6 Å². The summed E-state index contributed by atoms with van der Waals surface area (Å²) in [6.45, 7) is 1.58. The molecule has 0 unspecified atom stereocenters. The predicted molar refractivity (Wildman–Crippen MR) is 69.5 cm³/mol. The van der Waals surface area contributed by atoms with E-state index in [1.54, 1.807) is 0 Å². The third-order valence-corrected chi connectivity index (χ3v) is 2.49. The van der Waals surface area contributed by atoms with E-state index < -0.39 is 12.1 Å². The molecule has 0 aliphatic heterocycles. The fraction of sp³-hybridized carbons (Fsp3) is 0.357. The lowest BCUT2D eigenvalue weighted by molar-refractivity contribution is -0.117. The Hall–Kier alpha value is -2.17. The highest BCUT2D eigenvalue weighted by Crippen LogP contribution is 2.01. The number of hydrogen-bond donors (Lipinski definition) is 1. The summed E-state index contributed by atoms with van der Waals surface area (Å²) in [7, 11) is 0. The first-order valence-corrected chi connectivity index (χ1v) is 6.03. The topological polar surface area (TPSA) is 72.5 Å². The number of carbonyl (C=O) groups is 3. The predicted octanol–water partition coefficient (Wildman–Crippen LogP) is 1.85. The number of hydrogen-bond acceptors (Lipinski definition) is 4. The van der Waals surface area contributed by atoms with Crippen molar-refractivity contribution in [2.75, 3.05) is 0 Å². The second-order valence-electron chi connectivity index (χ2n) is 4.19. The minimum absolute atomic E-state index is 0.0219. The number of rotatable bonds is 7. The van der Waals surface area contributed by atoms with Gasteiger partial charge in [0, 0.05) is 6.42 Å². The third kappa shape index (κ3) is 6.35. The Balaban J connectivity index is 2.32. The summed E-state index contributed by atoms with van der Waals surface area (Å²) in [5.74, 6) is -0.0219. The molecule has 0 aliphatic rings. The molecule has 0 aromatic heterocycles. The van der Waals surface area contributed by atoms with Crippen LogP contribution in [0.2, 0.25) is 0 Å². The molecule has 0 aliphatic carbocycles. The zero-order valence-corrected chi connectivity index (χ0v) is 10.8. The van der Waals surface area contributed by atoms with Crippen molar-refractivity contribution in [3.05, 3.63) is 35.9 Å². The third-order valence-electron chi connectivity index (χ3n) is 2.49. The number of nitrogens with one attached hydrogen (secondary N) is 1. The average molecular weight is 263 g/mol. The van der Waals surface area contributed by atoms with Gasteiger partial charge in [-0.25, -0.2) is 4.79 Å². The number of Topliss-reactive ketones (excluding diaryl/α,β-unsaturated/α-hetero) is 1. The minimum atomic E-state index is -0.688. The number of ketones is 1. The Bertz CT molecular complexity index is 430. The Labute approximate surface area is 111 Å². The molecule has 0 saturated carbocycles. The fourth-order valence-electron chi connectivity index (χ4n) is 1.45. The molecule has 1 amide bonds. The van der Waals surface area contributed by atoms with Crippen molar-refractivity contribution in [3.8, 4) is 0 Å². The summed E-state index contributed by atoms with van der Waals surface area (Å²) in [5.41, 5.74) is 0.865. The van der Waals surface area contributed by atoms with Gasteiger partial charge in [0.05, 0.1) is 6.04 Å². The molecule has 1 atom stereocenters. The maximum Gasteiger partial charge on any atom is 0.408 e. The van der Waals surface area contributed by atoms with Gasteiger partial charge >= 0.3 is 6.09 Å². The molecule has 0 heterocycles. The van der Waals surface area contributed by atoms with Crippen molar-refractivity contribution >= 4 is 18.2 Å². The van der Waals surface area contributed by atoms with Crippen LogP contribution < -0.4 is 5.32 Å². The van der Waals surface area contributed by atoms with E-state index in [1.807, 2.05) is 30.3 Å². The molecule has 0 bridgehead atoms. The van der Waals surface area contributed by atoms with Crippen molar-refractivity contribution in [1.29, 1.82) is 0 Å². The van der Waals surface area contributed by atoms with Crippen molar-refractivity contribution < 1.29 is 19.1 Å². The van der Waals surface area contributed by atoms with Gasteiger partial charge in [-0.3, -0.25) is 0 Å². The maximum absolute atomic E-state index is 11.5. The van der Waals surface area contributed by atoms with Gasteiger partial charge in [0.15, 0.2) is 0 Å². The number of ether oxygens (including phenoxy) is 1. The standard InChI is InChI=1S/C14H17NO4/c1-11(17)7-8-13(9-16)15-14(18)19-10-12-5-3-2-4-6-12/h2-6,9,13H,7-8,10H2,1H3,(H,15,18)/t13-/m0/s1. The number of carbonyl (C=O) groups excluding carboxylic acids is 3. The summed E-state index contributed by atoms with van der Waals surface area (Å²) in [6.07, 6.45) is 0.485. The zero-order valence-electron chi connectivity index (χ0n) is 10.8. The van der Waals surface area contributed by atoms with Gasteiger partial charge in [0.25, 0.3) is 0 Å². The van der Waals surface area contributed by atoms with Crippen LogP contribution in [0, 0.1) is 0 Å². The molecule has 19 heavy (non-hydrogen) atoms. The van der Waals surface area contributed by atoms with Crippen molar-refractivity contribution in [3.63, 3.8) is 0 Å². The smallest absolute Gasteiger partial charge is 0.408 e. The number of aldehydes is 1. The zero-order chi connectivity index (χ0) is 14.1. The van der Waals surface area contributed by atoms with Crippen LogP contribution in [0.3, 0.4) is 0 Å². The monoisotopic (exact) mass is 263 g/mol. The lowest BCUT2D eigenvalue weighted by Crippen LogP contribution is -2.36. The molecule has 1 aromatic rings. The first kappa shape index (κ1) is 14.9. The largest absolute Gasteiger partial charge is 0.445 e. The summed E-state index contributed by atoms with van der Waals surface area (Å²) < 4.78 is 4.97. The van der Waals surface area contributed by atoms with Gasteiger partial charge in [-0.15, -0.1) is 0 Å². The SMILES string of the molecule is CC(=O)CC[C@@H](C=O)NC(=O)OCc1ccccc1. The first-order valence-electron chi connectivity index (χ1n) is 6.03. The lowest BCUT2D eigenvalue weighted by atomic mass is 10.1. The highest BCUT2D eigenvalue weighted by atomic mass is 16.5. The highest BCUT2D eigenvalue weighted by molar-refractivity contribution is 5.77.